The minimum atomic E-state index is -0.862. The maximum absolute atomic E-state index is 14.0. The van der Waals surface area contributed by atoms with Gasteiger partial charge in [-0.25, -0.2) is 13.8 Å². The lowest BCUT2D eigenvalue weighted by Crippen LogP contribution is -2.36. The van der Waals surface area contributed by atoms with Crippen molar-refractivity contribution in [3.63, 3.8) is 0 Å². The molecular formula is C23H20F2N4O. The minimum Gasteiger partial charge on any atom is -0.354 e. The van der Waals surface area contributed by atoms with Gasteiger partial charge in [0.1, 0.15) is 23.5 Å². The number of hydrogen-bond donors (Lipinski definition) is 0. The topological polar surface area (TPSA) is 60.2 Å². The molecule has 152 valence electrons. The standard InChI is InChI=1S/C23H20F2N4O/c1-15-3-4-16-12-17(14-26)22(27-21(16)11-15)28-7-2-8-29(10-9-28)23(30)19-6-5-18(24)13-20(19)25/h3-6,11-13H,2,7-10H2,1H3. The van der Waals surface area contributed by atoms with E-state index in [1.807, 2.05) is 36.1 Å². The first kappa shape index (κ1) is 19.8. The van der Waals surface area contributed by atoms with Gasteiger partial charge in [-0.3, -0.25) is 4.79 Å². The van der Waals surface area contributed by atoms with Crippen LogP contribution in [-0.2, 0) is 0 Å². The van der Waals surface area contributed by atoms with Gasteiger partial charge in [0.05, 0.1) is 16.6 Å². The van der Waals surface area contributed by atoms with E-state index in [1.54, 1.807) is 4.90 Å². The fraction of sp³-hybridized carbons (Fsp3) is 0.261. The Balaban J connectivity index is 1.58. The molecule has 0 radical (unpaired) electrons. The van der Waals surface area contributed by atoms with Crippen LogP contribution < -0.4 is 4.90 Å². The first-order valence-corrected chi connectivity index (χ1v) is 9.77. The highest BCUT2D eigenvalue weighted by atomic mass is 19.1. The summed E-state index contributed by atoms with van der Waals surface area (Å²) in [6, 6.07) is 12.9. The number of anilines is 1. The van der Waals surface area contributed by atoms with Gasteiger partial charge in [-0.05, 0) is 43.2 Å². The number of benzene rings is 2. The lowest BCUT2D eigenvalue weighted by molar-refractivity contribution is 0.0762. The third-order valence-corrected chi connectivity index (χ3v) is 5.32. The molecule has 0 bridgehead atoms. The third-order valence-electron chi connectivity index (χ3n) is 5.32. The van der Waals surface area contributed by atoms with E-state index in [9.17, 15) is 18.8 Å². The SMILES string of the molecule is Cc1ccc2cc(C#N)c(N3CCCN(C(=O)c4ccc(F)cc4F)CC3)nc2c1. The smallest absolute Gasteiger partial charge is 0.256 e. The predicted octanol–water partition coefficient (Wildman–Crippen LogP) is 4.05. The summed E-state index contributed by atoms with van der Waals surface area (Å²) in [6.45, 7) is 3.88. The molecule has 0 saturated carbocycles. The summed E-state index contributed by atoms with van der Waals surface area (Å²) in [7, 11) is 0. The van der Waals surface area contributed by atoms with Crippen LogP contribution in [0, 0.1) is 29.9 Å². The monoisotopic (exact) mass is 406 g/mol. The number of hydrogen-bond acceptors (Lipinski definition) is 4. The second-order valence-electron chi connectivity index (χ2n) is 7.42. The first-order chi connectivity index (χ1) is 14.5. The van der Waals surface area contributed by atoms with Gasteiger partial charge >= 0.3 is 0 Å². The molecule has 1 aliphatic rings. The van der Waals surface area contributed by atoms with Crippen LogP contribution in [-0.4, -0.2) is 42.0 Å². The second-order valence-corrected chi connectivity index (χ2v) is 7.42. The number of pyridine rings is 1. The van der Waals surface area contributed by atoms with Gasteiger partial charge in [-0.15, -0.1) is 0 Å². The zero-order valence-electron chi connectivity index (χ0n) is 16.5. The maximum atomic E-state index is 14.0. The van der Waals surface area contributed by atoms with Gasteiger partial charge < -0.3 is 9.80 Å². The Hall–Kier alpha value is -3.53. The number of aryl methyl sites for hydroxylation is 1. The van der Waals surface area contributed by atoms with Crippen LogP contribution in [0.25, 0.3) is 10.9 Å². The Morgan fingerprint density at radius 2 is 1.90 bits per heavy atom. The van der Waals surface area contributed by atoms with Crippen molar-refractivity contribution in [1.82, 2.24) is 9.88 Å². The van der Waals surface area contributed by atoms with Crippen molar-refractivity contribution < 1.29 is 13.6 Å². The van der Waals surface area contributed by atoms with E-state index in [4.69, 9.17) is 4.98 Å². The normalized spacial score (nSPS) is 14.5. The van der Waals surface area contributed by atoms with Gasteiger partial charge in [-0.1, -0.05) is 12.1 Å². The van der Waals surface area contributed by atoms with Gasteiger partial charge in [0, 0.05) is 37.6 Å². The molecule has 0 spiro atoms. The van der Waals surface area contributed by atoms with Crippen molar-refractivity contribution in [1.29, 1.82) is 5.26 Å². The molecule has 30 heavy (non-hydrogen) atoms. The summed E-state index contributed by atoms with van der Waals surface area (Å²) in [5.41, 5.74) is 2.24. The molecular weight excluding hydrogens is 386 g/mol. The molecule has 1 saturated heterocycles. The summed E-state index contributed by atoms with van der Waals surface area (Å²) in [5.74, 6) is -1.44. The van der Waals surface area contributed by atoms with E-state index >= 15 is 0 Å². The highest BCUT2D eigenvalue weighted by Crippen LogP contribution is 2.25. The number of halogens is 2. The third kappa shape index (κ3) is 3.81. The molecule has 0 unspecified atom stereocenters. The quantitative estimate of drug-likeness (QED) is 0.644. The fourth-order valence-corrected chi connectivity index (χ4v) is 3.76. The van der Waals surface area contributed by atoms with Crippen LogP contribution in [0.3, 0.4) is 0 Å². The van der Waals surface area contributed by atoms with Crippen LogP contribution >= 0.6 is 0 Å². The highest BCUT2D eigenvalue weighted by molar-refractivity contribution is 5.94. The zero-order chi connectivity index (χ0) is 21.3. The Labute approximate surface area is 173 Å². The van der Waals surface area contributed by atoms with Crippen LogP contribution in [0.4, 0.5) is 14.6 Å². The fourth-order valence-electron chi connectivity index (χ4n) is 3.76. The van der Waals surface area contributed by atoms with Crippen molar-refractivity contribution >= 4 is 22.6 Å². The molecule has 4 rings (SSSR count). The van der Waals surface area contributed by atoms with Crippen LogP contribution in [0.15, 0.2) is 42.5 Å². The summed E-state index contributed by atoms with van der Waals surface area (Å²) < 4.78 is 27.2. The number of fused-ring (bicyclic) bond motifs is 1. The van der Waals surface area contributed by atoms with Crippen LogP contribution in [0.1, 0.15) is 27.9 Å². The second kappa shape index (κ2) is 8.07. The molecule has 2 heterocycles. The van der Waals surface area contributed by atoms with Gasteiger partial charge in [0.15, 0.2) is 0 Å². The van der Waals surface area contributed by atoms with E-state index in [1.165, 1.54) is 6.07 Å². The number of carbonyl (C=O) groups excluding carboxylic acids is 1. The Kier molecular flexibility index (Phi) is 5.32. The number of rotatable bonds is 2. The van der Waals surface area contributed by atoms with Gasteiger partial charge in [0.25, 0.3) is 5.91 Å². The summed E-state index contributed by atoms with van der Waals surface area (Å²) >= 11 is 0. The lowest BCUT2D eigenvalue weighted by Gasteiger charge is -2.24. The van der Waals surface area contributed by atoms with Crippen molar-refractivity contribution in [2.75, 3.05) is 31.1 Å². The Morgan fingerprint density at radius 3 is 2.67 bits per heavy atom. The van der Waals surface area contributed by atoms with Crippen molar-refractivity contribution in [3.05, 3.63) is 70.8 Å². The van der Waals surface area contributed by atoms with Crippen molar-refractivity contribution in [2.24, 2.45) is 0 Å². The molecule has 1 fully saturated rings. The number of nitrogens with zero attached hydrogens (tertiary/aromatic N) is 4. The first-order valence-electron chi connectivity index (χ1n) is 9.77. The largest absolute Gasteiger partial charge is 0.354 e. The molecule has 1 aliphatic heterocycles. The van der Waals surface area contributed by atoms with E-state index in [-0.39, 0.29) is 5.56 Å². The summed E-state index contributed by atoms with van der Waals surface area (Å²) in [6.07, 6.45) is 0.646. The number of aromatic nitrogens is 1. The zero-order valence-corrected chi connectivity index (χ0v) is 16.5. The summed E-state index contributed by atoms with van der Waals surface area (Å²) in [4.78, 5) is 21.0. The molecule has 0 N–H and O–H groups in total. The molecule has 0 atom stereocenters. The molecule has 3 aromatic rings. The van der Waals surface area contributed by atoms with Crippen LogP contribution in [0.2, 0.25) is 0 Å². The van der Waals surface area contributed by atoms with Crippen LogP contribution in [0.5, 0.6) is 0 Å². The van der Waals surface area contributed by atoms with E-state index in [2.05, 4.69) is 6.07 Å². The Morgan fingerprint density at radius 1 is 1.07 bits per heavy atom. The van der Waals surface area contributed by atoms with E-state index in [0.29, 0.717) is 44.0 Å². The van der Waals surface area contributed by atoms with Gasteiger partial charge in [-0.2, -0.15) is 5.26 Å². The van der Waals surface area contributed by atoms with Gasteiger partial charge in [0.2, 0.25) is 0 Å². The van der Waals surface area contributed by atoms with Crippen molar-refractivity contribution in [3.8, 4) is 6.07 Å². The van der Waals surface area contributed by atoms with Crippen molar-refractivity contribution in [2.45, 2.75) is 13.3 Å². The van der Waals surface area contributed by atoms with E-state index < -0.39 is 17.5 Å². The Bertz CT molecular complexity index is 1170. The van der Waals surface area contributed by atoms with E-state index in [0.717, 1.165) is 28.6 Å². The summed E-state index contributed by atoms with van der Waals surface area (Å²) in [5, 5.41) is 10.5. The predicted molar refractivity (Wildman–Crippen MR) is 110 cm³/mol. The molecule has 7 heteroatoms. The lowest BCUT2D eigenvalue weighted by atomic mass is 10.1. The molecule has 1 aromatic heterocycles. The average molecular weight is 406 g/mol. The molecule has 2 aromatic carbocycles. The highest BCUT2D eigenvalue weighted by Gasteiger charge is 2.24. The molecule has 0 aliphatic carbocycles. The number of carbonyl (C=O) groups is 1. The maximum Gasteiger partial charge on any atom is 0.256 e. The number of amides is 1. The number of nitriles is 1. The minimum absolute atomic E-state index is 0.137. The average Bonchev–Trinajstić information content (AvgIpc) is 2.98. The molecule has 1 amide bonds. The molecule has 5 nitrogen and oxygen atoms in total.